The van der Waals surface area contributed by atoms with E-state index in [2.05, 4.69) is 4.18 Å². The van der Waals surface area contributed by atoms with Gasteiger partial charge in [-0.2, -0.15) is 0 Å². The summed E-state index contributed by atoms with van der Waals surface area (Å²) in [5.74, 6) is 0. The van der Waals surface area contributed by atoms with Gasteiger partial charge < -0.3 is 8.74 Å². The Bertz CT molecular complexity index is 46.1. The van der Waals surface area contributed by atoms with E-state index in [0.29, 0.717) is 0 Å². The molecule has 42 valence electrons. The van der Waals surface area contributed by atoms with E-state index in [0.717, 1.165) is 7.11 Å². The van der Waals surface area contributed by atoms with Crippen LogP contribution in [0.1, 0.15) is 0 Å². The van der Waals surface area contributed by atoms with E-state index in [1.54, 1.807) is 0 Å². The molecular weight excluding hydrogens is 156 g/mol. The van der Waals surface area contributed by atoms with Gasteiger partial charge in [0.15, 0.2) is 0 Å². The van der Waals surface area contributed by atoms with Gasteiger partial charge in [-0.1, -0.05) is 0 Å². The van der Waals surface area contributed by atoms with Crippen LogP contribution in [0.2, 0.25) is 0 Å². The summed E-state index contributed by atoms with van der Waals surface area (Å²) in [6, 6.07) is 0. The van der Waals surface area contributed by atoms with Crippen LogP contribution in [-0.4, -0.2) is 15.9 Å². The standard InChI is InChI=1S/CH4O3S.Cu/c1-4-5(2)3;/h1H3,(H,2,3);/q;+1/p-1. The van der Waals surface area contributed by atoms with Gasteiger partial charge in [0.05, 0.1) is 18.5 Å². The van der Waals surface area contributed by atoms with Crippen molar-refractivity contribution in [3.05, 3.63) is 0 Å². The van der Waals surface area contributed by atoms with Gasteiger partial charge in [-0.3, -0.25) is 0 Å². The van der Waals surface area contributed by atoms with Crippen LogP contribution in [0.15, 0.2) is 0 Å². The fraction of sp³-hybridized carbons (Fsp3) is 1.00. The van der Waals surface area contributed by atoms with E-state index >= 15 is 0 Å². The van der Waals surface area contributed by atoms with Gasteiger partial charge in [0, 0.05) is 0 Å². The normalized spacial score (nSPS) is 12.3. The summed E-state index contributed by atoms with van der Waals surface area (Å²) in [6.45, 7) is 0. The average molecular weight is 159 g/mol. The van der Waals surface area contributed by atoms with Crippen LogP contribution in [0.25, 0.3) is 0 Å². The fourth-order valence-corrected chi connectivity index (χ4v) is 0. The molecule has 0 aliphatic rings. The van der Waals surface area contributed by atoms with Crippen molar-refractivity contribution in [2.24, 2.45) is 0 Å². The van der Waals surface area contributed by atoms with Crippen molar-refractivity contribution in [2.45, 2.75) is 0 Å². The van der Waals surface area contributed by atoms with E-state index in [1.165, 1.54) is 0 Å². The van der Waals surface area contributed by atoms with Gasteiger partial charge >= 0.3 is 17.1 Å². The second-order valence-electron chi connectivity index (χ2n) is 0.371. The van der Waals surface area contributed by atoms with Gasteiger partial charge in [0.1, 0.15) is 0 Å². The Balaban J connectivity index is 0. The van der Waals surface area contributed by atoms with E-state index in [9.17, 15) is 0 Å². The topological polar surface area (TPSA) is 49.4 Å². The Morgan fingerprint density at radius 3 is 2.00 bits per heavy atom. The molecule has 0 fully saturated rings. The van der Waals surface area contributed by atoms with Crippen molar-refractivity contribution in [1.29, 1.82) is 0 Å². The summed E-state index contributed by atoms with van der Waals surface area (Å²) in [6.07, 6.45) is 0. The summed E-state index contributed by atoms with van der Waals surface area (Å²) in [5, 5.41) is 0. The molecule has 6 heavy (non-hydrogen) atoms. The molecule has 0 rings (SSSR count). The molecule has 1 unspecified atom stereocenters. The van der Waals surface area contributed by atoms with E-state index in [4.69, 9.17) is 8.76 Å². The van der Waals surface area contributed by atoms with Gasteiger partial charge in [-0.05, 0) is 0 Å². The molecule has 0 saturated carbocycles. The number of hydrogen-bond donors (Lipinski definition) is 0. The van der Waals surface area contributed by atoms with Crippen LogP contribution in [0, 0.1) is 0 Å². The minimum atomic E-state index is -2.32. The fourth-order valence-electron chi connectivity index (χ4n) is 0. The van der Waals surface area contributed by atoms with Gasteiger partial charge in [0.25, 0.3) is 0 Å². The summed E-state index contributed by atoms with van der Waals surface area (Å²) < 4.78 is 22.0. The zero-order chi connectivity index (χ0) is 4.28. The molecule has 0 aromatic heterocycles. The number of hydrogen-bond acceptors (Lipinski definition) is 3. The Morgan fingerprint density at radius 1 is 1.83 bits per heavy atom. The molecule has 0 aliphatic carbocycles. The van der Waals surface area contributed by atoms with Crippen molar-refractivity contribution in [3.63, 3.8) is 0 Å². The van der Waals surface area contributed by atoms with Crippen LogP contribution in [-0.2, 0) is 32.6 Å². The molecule has 0 spiro atoms. The molecule has 0 aromatic rings. The molecule has 3 nitrogen and oxygen atoms in total. The molecule has 0 aromatic carbocycles. The SMILES string of the molecule is COS(=O)[O-].[Cu+]. The van der Waals surface area contributed by atoms with Crippen LogP contribution in [0.5, 0.6) is 0 Å². The first-order chi connectivity index (χ1) is 2.27. The first-order valence-corrected chi connectivity index (χ1v) is 1.91. The van der Waals surface area contributed by atoms with Crippen LogP contribution in [0.3, 0.4) is 0 Å². The second-order valence-corrected chi connectivity index (χ2v) is 1.11. The molecular formula is CH3CuO3S. The molecule has 0 amide bonds. The molecule has 0 aliphatic heterocycles. The van der Waals surface area contributed by atoms with Crippen molar-refractivity contribution >= 4 is 11.4 Å². The zero-order valence-electron chi connectivity index (χ0n) is 2.93. The molecule has 0 bridgehead atoms. The van der Waals surface area contributed by atoms with E-state index in [1.807, 2.05) is 0 Å². The Kier molecular flexibility index (Phi) is 9.11. The Labute approximate surface area is 49.0 Å². The third-order valence-corrected chi connectivity index (χ3v) is 0.408. The van der Waals surface area contributed by atoms with Crippen molar-refractivity contribution in [2.75, 3.05) is 7.11 Å². The molecule has 0 heterocycles. The maximum Gasteiger partial charge on any atom is 1.00 e. The Morgan fingerprint density at radius 2 is 2.00 bits per heavy atom. The number of rotatable bonds is 1. The van der Waals surface area contributed by atoms with Crippen LogP contribution >= 0.6 is 0 Å². The third kappa shape index (κ3) is 8.82. The first-order valence-electron chi connectivity index (χ1n) is 0.908. The van der Waals surface area contributed by atoms with Crippen molar-refractivity contribution in [1.82, 2.24) is 0 Å². The predicted molar refractivity (Wildman–Crippen MR) is 15.9 cm³/mol. The van der Waals surface area contributed by atoms with Gasteiger partial charge in [0.2, 0.25) is 0 Å². The monoisotopic (exact) mass is 158 g/mol. The van der Waals surface area contributed by atoms with Gasteiger partial charge in [-0.25, -0.2) is 4.21 Å². The molecule has 0 saturated heterocycles. The smallest absolute Gasteiger partial charge is 0.750 e. The molecule has 1 atom stereocenters. The van der Waals surface area contributed by atoms with Gasteiger partial charge in [-0.15, -0.1) is 0 Å². The maximum atomic E-state index is 9.15. The second kappa shape index (κ2) is 5.59. The summed E-state index contributed by atoms with van der Waals surface area (Å²) >= 11 is -2.32. The quantitative estimate of drug-likeness (QED) is 0.379. The average Bonchev–Trinajstić information content (AvgIpc) is 1.38. The summed E-state index contributed by atoms with van der Waals surface area (Å²) in [5.41, 5.74) is 0. The maximum absolute atomic E-state index is 9.15. The summed E-state index contributed by atoms with van der Waals surface area (Å²) in [4.78, 5) is 0. The van der Waals surface area contributed by atoms with E-state index < -0.39 is 11.4 Å². The van der Waals surface area contributed by atoms with Crippen LogP contribution < -0.4 is 0 Å². The Hall–Kier alpha value is 0.589. The minimum absolute atomic E-state index is 0. The van der Waals surface area contributed by atoms with Crippen molar-refractivity contribution in [3.8, 4) is 0 Å². The molecule has 0 radical (unpaired) electrons. The minimum Gasteiger partial charge on any atom is -0.750 e. The van der Waals surface area contributed by atoms with E-state index in [-0.39, 0.29) is 17.1 Å². The first kappa shape index (κ1) is 9.77. The predicted octanol–water partition coefficient (Wildman–Crippen LogP) is -0.576. The largest absolute Gasteiger partial charge is 1.00 e. The molecule has 5 heteroatoms. The summed E-state index contributed by atoms with van der Waals surface area (Å²) in [7, 11) is 1.09. The van der Waals surface area contributed by atoms with Crippen molar-refractivity contribution < 1.29 is 30.0 Å². The zero-order valence-corrected chi connectivity index (χ0v) is 4.69. The third-order valence-electron chi connectivity index (χ3n) is 0.136. The van der Waals surface area contributed by atoms with Crippen LogP contribution in [0.4, 0.5) is 0 Å². The molecule has 0 N–H and O–H groups in total.